The summed E-state index contributed by atoms with van der Waals surface area (Å²) in [5.74, 6) is 1.47. The van der Waals surface area contributed by atoms with Crippen molar-refractivity contribution >= 4 is 11.9 Å². The number of carbonyl (C=O) groups excluding carboxylic acids is 1. The van der Waals surface area contributed by atoms with E-state index in [2.05, 4.69) is 25.2 Å². The second kappa shape index (κ2) is 6.24. The van der Waals surface area contributed by atoms with E-state index in [0.717, 1.165) is 45.2 Å². The van der Waals surface area contributed by atoms with Gasteiger partial charge in [-0.25, -0.2) is 0 Å². The van der Waals surface area contributed by atoms with Crippen LogP contribution in [-0.2, 0) is 11.3 Å². The molecule has 1 aliphatic carbocycles. The van der Waals surface area contributed by atoms with Crippen molar-refractivity contribution in [3.05, 3.63) is 5.82 Å². The number of nitrogens with zero attached hydrogens (tertiary/aromatic N) is 4. The number of aromatic nitrogens is 3. The van der Waals surface area contributed by atoms with E-state index in [1.165, 1.54) is 0 Å². The summed E-state index contributed by atoms with van der Waals surface area (Å²) in [4.78, 5) is 26.9. The average molecular weight is 291 g/mol. The van der Waals surface area contributed by atoms with Crippen LogP contribution in [0.4, 0.5) is 5.95 Å². The lowest BCUT2D eigenvalue weighted by Gasteiger charge is -2.24. The summed E-state index contributed by atoms with van der Waals surface area (Å²) >= 11 is 0. The lowest BCUT2D eigenvalue weighted by atomic mass is 9.85. The molecule has 1 aromatic rings. The van der Waals surface area contributed by atoms with Gasteiger partial charge in [-0.15, -0.1) is 0 Å². The van der Waals surface area contributed by atoms with Crippen LogP contribution in [0.3, 0.4) is 0 Å². The summed E-state index contributed by atoms with van der Waals surface area (Å²) in [5.41, 5.74) is 0. The number of methoxy groups -OCH3 is 1. The molecule has 1 N–H and O–H groups in total. The molecule has 7 heteroatoms. The first-order chi connectivity index (χ1) is 10.3. The fourth-order valence-electron chi connectivity index (χ4n) is 2.60. The molecule has 21 heavy (non-hydrogen) atoms. The fraction of sp³-hybridized carbons (Fsp3) is 0.714. The largest absolute Gasteiger partial charge is 0.467 e. The molecule has 2 aliphatic rings. The molecule has 0 atom stereocenters. The highest BCUT2D eigenvalue weighted by molar-refractivity contribution is 5.79. The van der Waals surface area contributed by atoms with Crippen LogP contribution in [-0.4, -0.2) is 41.1 Å². The van der Waals surface area contributed by atoms with Crippen molar-refractivity contribution in [1.82, 2.24) is 20.3 Å². The van der Waals surface area contributed by atoms with Gasteiger partial charge in [0.2, 0.25) is 11.9 Å². The van der Waals surface area contributed by atoms with Crippen molar-refractivity contribution in [1.29, 1.82) is 0 Å². The first-order valence-corrected chi connectivity index (χ1v) is 7.58. The summed E-state index contributed by atoms with van der Waals surface area (Å²) in [6.07, 6.45) is 5.44. The summed E-state index contributed by atoms with van der Waals surface area (Å²) in [6.45, 7) is 2.25. The van der Waals surface area contributed by atoms with E-state index < -0.39 is 0 Å². The van der Waals surface area contributed by atoms with Gasteiger partial charge in [0.1, 0.15) is 0 Å². The summed E-state index contributed by atoms with van der Waals surface area (Å²) in [7, 11) is 1.54. The molecule has 1 amide bonds. The molecule has 1 saturated carbocycles. The third-order valence-electron chi connectivity index (χ3n) is 4.12. The Hall–Kier alpha value is -1.92. The first kappa shape index (κ1) is 14.0. The lowest BCUT2D eigenvalue weighted by Crippen LogP contribution is -2.34. The smallest absolute Gasteiger partial charge is 0.321 e. The van der Waals surface area contributed by atoms with Crippen LogP contribution in [0.25, 0.3) is 0 Å². The van der Waals surface area contributed by atoms with Gasteiger partial charge in [-0.2, -0.15) is 15.0 Å². The molecule has 114 valence electrons. The molecule has 2 fully saturated rings. The Balaban J connectivity index is 1.67. The molecular weight excluding hydrogens is 270 g/mol. The molecule has 0 aromatic carbocycles. The number of anilines is 1. The number of ether oxygens (including phenoxy) is 1. The Kier molecular flexibility index (Phi) is 4.17. The molecular formula is C14H21N5O2. The van der Waals surface area contributed by atoms with E-state index in [9.17, 15) is 4.79 Å². The Morgan fingerprint density at radius 2 is 2.00 bits per heavy atom. The maximum absolute atomic E-state index is 11.9. The topological polar surface area (TPSA) is 80.2 Å². The average Bonchev–Trinajstić information content (AvgIpc) is 2.97. The van der Waals surface area contributed by atoms with Crippen LogP contribution < -0.4 is 15.0 Å². The van der Waals surface area contributed by atoms with Crippen LogP contribution in [0.5, 0.6) is 6.01 Å². The minimum Gasteiger partial charge on any atom is -0.467 e. The predicted octanol–water partition coefficient (Wildman–Crippen LogP) is 0.897. The Morgan fingerprint density at radius 1 is 1.24 bits per heavy atom. The van der Waals surface area contributed by atoms with E-state index >= 15 is 0 Å². The number of carbonyl (C=O) groups is 1. The van der Waals surface area contributed by atoms with E-state index in [1.807, 2.05) is 0 Å². The van der Waals surface area contributed by atoms with Crippen LogP contribution in [0, 0.1) is 5.92 Å². The molecule has 1 aromatic heterocycles. The van der Waals surface area contributed by atoms with E-state index in [4.69, 9.17) is 4.74 Å². The monoisotopic (exact) mass is 291 g/mol. The molecule has 2 heterocycles. The third-order valence-corrected chi connectivity index (χ3v) is 4.12. The molecule has 7 nitrogen and oxygen atoms in total. The van der Waals surface area contributed by atoms with Crippen molar-refractivity contribution in [3.8, 4) is 6.01 Å². The van der Waals surface area contributed by atoms with Gasteiger partial charge in [0.25, 0.3) is 0 Å². The number of hydrogen-bond acceptors (Lipinski definition) is 6. The zero-order valence-corrected chi connectivity index (χ0v) is 12.3. The number of rotatable bonds is 5. The maximum atomic E-state index is 11.9. The highest BCUT2D eigenvalue weighted by Gasteiger charge is 2.25. The van der Waals surface area contributed by atoms with Gasteiger partial charge in [-0.3, -0.25) is 4.79 Å². The fourth-order valence-corrected chi connectivity index (χ4v) is 2.60. The quantitative estimate of drug-likeness (QED) is 0.868. The normalized spacial score (nSPS) is 18.4. The Bertz CT molecular complexity index is 512. The number of nitrogens with one attached hydrogen (secondary N) is 1. The van der Waals surface area contributed by atoms with Crippen LogP contribution in [0.2, 0.25) is 0 Å². The minimum absolute atomic E-state index is 0.100. The van der Waals surface area contributed by atoms with Crippen LogP contribution in [0.15, 0.2) is 0 Å². The van der Waals surface area contributed by atoms with Gasteiger partial charge in [0.15, 0.2) is 5.82 Å². The molecule has 0 bridgehead atoms. The van der Waals surface area contributed by atoms with Crippen molar-refractivity contribution < 1.29 is 9.53 Å². The van der Waals surface area contributed by atoms with Gasteiger partial charge in [0, 0.05) is 19.0 Å². The Labute approximate surface area is 124 Å². The van der Waals surface area contributed by atoms with Gasteiger partial charge < -0.3 is 15.0 Å². The van der Waals surface area contributed by atoms with E-state index in [-0.39, 0.29) is 11.8 Å². The minimum atomic E-state index is 0.100. The number of hydrogen-bond donors (Lipinski definition) is 1. The second-order valence-electron chi connectivity index (χ2n) is 5.58. The zero-order chi connectivity index (χ0) is 14.7. The van der Waals surface area contributed by atoms with Crippen molar-refractivity contribution in [2.75, 3.05) is 25.1 Å². The molecule has 0 spiro atoms. The second-order valence-corrected chi connectivity index (χ2v) is 5.58. The molecule has 3 rings (SSSR count). The standard InChI is InChI=1S/C14H21N5O2/c1-21-14-17-11(9-15-12(20)10-5-4-6-10)16-13(18-14)19-7-2-3-8-19/h10H,2-9H2,1H3,(H,15,20). The highest BCUT2D eigenvalue weighted by atomic mass is 16.5. The molecule has 0 unspecified atom stereocenters. The lowest BCUT2D eigenvalue weighted by molar-refractivity contribution is -0.127. The van der Waals surface area contributed by atoms with Crippen molar-refractivity contribution in [2.45, 2.75) is 38.6 Å². The van der Waals surface area contributed by atoms with Crippen molar-refractivity contribution in [2.24, 2.45) is 5.92 Å². The van der Waals surface area contributed by atoms with E-state index in [0.29, 0.717) is 24.3 Å². The van der Waals surface area contributed by atoms with Crippen LogP contribution >= 0.6 is 0 Å². The van der Waals surface area contributed by atoms with E-state index in [1.54, 1.807) is 7.11 Å². The zero-order valence-electron chi connectivity index (χ0n) is 12.3. The molecule has 1 saturated heterocycles. The van der Waals surface area contributed by atoms with Gasteiger partial charge in [0.05, 0.1) is 13.7 Å². The van der Waals surface area contributed by atoms with Gasteiger partial charge in [-0.05, 0) is 25.7 Å². The summed E-state index contributed by atoms with van der Waals surface area (Å²) in [6, 6.07) is 0.305. The SMILES string of the molecule is COc1nc(CNC(=O)C2CCC2)nc(N2CCCC2)n1. The third kappa shape index (κ3) is 3.22. The van der Waals surface area contributed by atoms with Gasteiger partial charge in [-0.1, -0.05) is 6.42 Å². The summed E-state index contributed by atoms with van der Waals surface area (Å²) in [5, 5.41) is 2.90. The Morgan fingerprint density at radius 3 is 2.62 bits per heavy atom. The molecule has 1 aliphatic heterocycles. The van der Waals surface area contributed by atoms with Crippen LogP contribution in [0.1, 0.15) is 37.9 Å². The summed E-state index contributed by atoms with van der Waals surface area (Å²) < 4.78 is 5.14. The molecule has 0 radical (unpaired) electrons. The first-order valence-electron chi connectivity index (χ1n) is 7.58. The predicted molar refractivity (Wildman–Crippen MR) is 77.0 cm³/mol. The number of amides is 1. The highest BCUT2D eigenvalue weighted by Crippen LogP contribution is 2.26. The van der Waals surface area contributed by atoms with Gasteiger partial charge >= 0.3 is 6.01 Å². The maximum Gasteiger partial charge on any atom is 0.321 e. The van der Waals surface area contributed by atoms with Crippen molar-refractivity contribution in [3.63, 3.8) is 0 Å².